The van der Waals surface area contributed by atoms with Gasteiger partial charge in [0.15, 0.2) is 0 Å². The van der Waals surface area contributed by atoms with Gasteiger partial charge in [-0.1, -0.05) is 39.5 Å². The fraction of sp³-hybridized carbons (Fsp3) is 0.857. The van der Waals surface area contributed by atoms with Gasteiger partial charge in [-0.05, 0) is 25.2 Å². The molecule has 17 heavy (non-hydrogen) atoms. The lowest BCUT2D eigenvalue weighted by Gasteiger charge is -2.23. The molecule has 0 aromatic rings. The molecule has 0 aromatic carbocycles. The van der Waals surface area contributed by atoms with Crippen LogP contribution in [0.25, 0.3) is 0 Å². The fourth-order valence-corrected chi connectivity index (χ4v) is 2.37. The molecule has 1 saturated carbocycles. The Hall–Kier alpha value is -1.04. The molecular formula is C14H24N2O. The van der Waals surface area contributed by atoms with E-state index in [-0.39, 0.29) is 5.91 Å². The molecule has 0 saturated heterocycles. The van der Waals surface area contributed by atoms with Crippen molar-refractivity contribution in [2.75, 3.05) is 6.54 Å². The number of rotatable bonds is 4. The van der Waals surface area contributed by atoms with Gasteiger partial charge in [0.05, 0.1) is 6.07 Å². The zero-order chi connectivity index (χ0) is 12.7. The molecule has 0 atom stereocenters. The number of nitrogens with zero attached hydrogens (tertiary/aromatic N) is 1. The number of hydrogen-bond donors (Lipinski definition) is 1. The minimum absolute atomic E-state index is 0.0393. The van der Waals surface area contributed by atoms with Crippen LogP contribution in [0, 0.1) is 22.7 Å². The molecule has 96 valence electrons. The second-order valence-electron chi connectivity index (χ2n) is 5.55. The van der Waals surface area contributed by atoms with Crippen LogP contribution in [-0.4, -0.2) is 12.5 Å². The number of nitrogens with one attached hydrogen (secondary N) is 1. The summed E-state index contributed by atoms with van der Waals surface area (Å²) in [4.78, 5) is 12.2. The van der Waals surface area contributed by atoms with Crippen molar-refractivity contribution in [2.24, 2.45) is 11.3 Å². The van der Waals surface area contributed by atoms with E-state index in [9.17, 15) is 10.1 Å². The smallest absolute Gasteiger partial charge is 0.240 e. The first-order valence-electron chi connectivity index (χ1n) is 6.80. The Morgan fingerprint density at radius 2 is 1.88 bits per heavy atom. The molecule has 1 amide bonds. The molecule has 1 rings (SSSR count). The van der Waals surface area contributed by atoms with E-state index in [1.165, 1.54) is 0 Å². The summed E-state index contributed by atoms with van der Waals surface area (Å²) in [6.45, 7) is 4.97. The van der Waals surface area contributed by atoms with Crippen LogP contribution >= 0.6 is 0 Å². The van der Waals surface area contributed by atoms with Crippen LogP contribution in [-0.2, 0) is 4.79 Å². The van der Waals surface area contributed by atoms with Crippen molar-refractivity contribution >= 4 is 5.91 Å². The molecule has 1 N–H and O–H groups in total. The van der Waals surface area contributed by atoms with E-state index in [1.807, 2.05) is 0 Å². The standard InChI is InChI=1S/C14H24N2O/c1-12(2)7-10-16-13(17)14(11-15)8-5-3-4-6-9-14/h12H,3-10H2,1-2H3,(H,16,17). The highest BCUT2D eigenvalue weighted by atomic mass is 16.2. The van der Waals surface area contributed by atoms with Crippen LogP contribution in [0.15, 0.2) is 0 Å². The van der Waals surface area contributed by atoms with Gasteiger partial charge < -0.3 is 5.32 Å². The Morgan fingerprint density at radius 3 is 2.35 bits per heavy atom. The monoisotopic (exact) mass is 236 g/mol. The topological polar surface area (TPSA) is 52.9 Å². The number of nitriles is 1. The van der Waals surface area contributed by atoms with Crippen LogP contribution in [0.5, 0.6) is 0 Å². The van der Waals surface area contributed by atoms with Gasteiger partial charge in [-0.25, -0.2) is 0 Å². The van der Waals surface area contributed by atoms with Crippen LogP contribution in [0.4, 0.5) is 0 Å². The Kier molecular flexibility index (Phi) is 5.47. The van der Waals surface area contributed by atoms with Gasteiger partial charge in [0.25, 0.3) is 0 Å². The Labute approximate surface area is 105 Å². The molecule has 0 bridgehead atoms. The van der Waals surface area contributed by atoms with Crippen molar-refractivity contribution in [1.29, 1.82) is 5.26 Å². The SMILES string of the molecule is CC(C)CCNC(=O)C1(C#N)CCCCCC1. The predicted molar refractivity (Wildman–Crippen MR) is 68.2 cm³/mol. The Morgan fingerprint density at radius 1 is 1.29 bits per heavy atom. The zero-order valence-corrected chi connectivity index (χ0v) is 11.1. The first-order chi connectivity index (χ1) is 8.10. The van der Waals surface area contributed by atoms with Gasteiger partial charge in [-0.3, -0.25) is 4.79 Å². The summed E-state index contributed by atoms with van der Waals surface area (Å²) in [5.74, 6) is 0.546. The maximum Gasteiger partial charge on any atom is 0.240 e. The largest absolute Gasteiger partial charge is 0.355 e. The average molecular weight is 236 g/mol. The van der Waals surface area contributed by atoms with Gasteiger partial charge in [-0.15, -0.1) is 0 Å². The second-order valence-corrected chi connectivity index (χ2v) is 5.55. The maximum atomic E-state index is 12.2. The van der Waals surface area contributed by atoms with Crippen LogP contribution in [0.2, 0.25) is 0 Å². The van der Waals surface area contributed by atoms with Crippen LogP contribution in [0.3, 0.4) is 0 Å². The highest BCUT2D eigenvalue weighted by molar-refractivity contribution is 5.85. The van der Waals surface area contributed by atoms with Gasteiger partial charge in [0.2, 0.25) is 5.91 Å². The molecule has 0 aromatic heterocycles. The van der Waals surface area contributed by atoms with E-state index in [0.717, 1.165) is 44.9 Å². The lowest BCUT2D eigenvalue weighted by atomic mass is 9.81. The number of carbonyl (C=O) groups excluding carboxylic acids is 1. The van der Waals surface area contributed by atoms with Gasteiger partial charge in [0.1, 0.15) is 5.41 Å². The quantitative estimate of drug-likeness (QED) is 0.763. The van der Waals surface area contributed by atoms with Crippen molar-refractivity contribution in [1.82, 2.24) is 5.32 Å². The van der Waals surface area contributed by atoms with E-state index in [0.29, 0.717) is 12.5 Å². The van der Waals surface area contributed by atoms with E-state index in [4.69, 9.17) is 0 Å². The summed E-state index contributed by atoms with van der Waals surface area (Å²) in [5, 5.41) is 12.3. The molecule has 0 heterocycles. The summed E-state index contributed by atoms with van der Waals surface area (Å²) in [7, 11) is 0. The summed E-state index contributed by atoms with van der Waals surface area (Å²) >= 11 is 0. The molecule has 1 aliphatic carbocycles. The Bertz CT molecular complexity index is 283. The normalized spacial score (nSPS) is 19.4. The molecular weight excluding hydrogens is 212 g/mol. The number of hydrogen-bond acceptors (Lipinski definition) is 2. The third-order valence-electron chi connectivity index (χ3n) is 3.61. The molecule has 0 spiro atoms. The highest BCUT2D eigenvalue weighted by Crippen LogP contribution is 2.34. The first-order valence-corrected chi connectivity index (χ1v) is 6.80. The predicted octanol–water partition coefficient (Wildman–Crippen LogP) is 3.01. The van der Waals surface area contributed by atoms with Gasteiger partial charge in [0, 0.05) is 6.54 Å². The molecule has 3 nitrogen and oxygen atoms in total. The van der Waals surface area contributed by atoms with Crippen molar-refractivity contribution in [3.63, 3.8) is 0 Å². The second kappa shape index (κ2) is 6.64. The minimum Gasteiger partial charge on any atom is -0.355 e. The lowest BCUT2D eigenvalue weighted by Crippen LogP contribution is -2.40. The molecule has 3 heteroatoms. The van der Waals surface area contributed by atoms with E-state index in [1.54, 1.807) is 0 Å². The third kappa shape index (κ3) is 4.03. The third-order valence-corrected chi connectivity index (χ3v) is 3.61. The highest BCUT2D eigenvalue weighted by Gasteiger charge is 2.38. The number of carbonyl (C=O) groups is 1. The van der Waals surface area contributed by atoms with Crippen molar-refractivity contribution in [3.05, 3.63) is 0 Å². The van der Waals surface area contributed by atoms with Gasteiger partial charge >= 0.3 is 0 Å². The summed E-state index contributed by atoms with van der Waals surface area (Å²) in [5.41, 5.74) is -0.743. The van der Waals surface area contributed by atoms with E-state index in [2.05, 4.69) is 25.2 Å². The fourth-order valence-electron chi connectivity index (χ4n) is 2.37. The summed E-state index contributed by atoms with van der Waals surface area (Å²) < 4.78 is 0. The van der Waals surface area contributed by atoms with Gasteiger partial charge in [-0.2, -0.15) is 5.26 Å². The summed E-state index contributed by atoms with van der Waals surface area (Å²) in [6, 6.07) is 2.28. The van der Waals surface area contributed by atoms with Crippen molar-refractivity contribution in [2.45, 2.75) is 58.8 Å². The zero-order valence-electron chi connectivity index (χ0n) is 11.1. The number of amides is 1. The Balaban J connectivity index is 2.53. The van der Waals surface area contributed by atoms with E-state index < -0.39 is 5.41 Å². The van der Waals surface area contributed by atoms with Crippen LogP contribution < -0.4 is 5.32 Å². The average Bonchev–Trinajstić information content (AvgIpc) is 2.54. The first kappa shape index (κ1) is 14.0. The lowest BCUT2D eigenvalue weighted by molar-refractivity contribution is -0.128. The maximum absolute atomic E-state index is 12.2. The van der Waals surface area contributed by atoms with Crippen LogP contribution in [0.1, 0.15) is 58.8 Å². The molecule has 0 aliphatic heterocycles. The molecule has 0 radical (unpaired) electrons. The summed E-state index contributed by atoms with van der Waals surface area (Å²) in [6.07, 6.45) is 6.77. The minimum atomic E-state index is -0.743. The van der Waals surface area contributed by atoms with Crippen molar-refractivity contribution < 1.29 is 4.79 Å². The molecule has 0 unspecified atom stereocenters. The molecule has 1 fully saturated rings. The molecule has 1 aliphatic rings. The van der Waals surface area contributed by atoms with E-state index >= 15 is 0 Å². The van der Waals surface area contributed by atoms with Crippen molar-refractivity contribution in [3.8, 4) is 6.07 Å².